The van der Waals surface area contributed by atoms with E-state index in [0.717, 1.165) is 17.0 Å². The number of hydrogen-bond acceptors (Lipinski definition) is 4. The Balaban J connectivity index is 2.97. The van der Waals surface area contributed by atoms with Gasteiger partial charge in [0.25, 0.3) is 0 Å². The van der Waals surface area contributed by atoms with Gasteiger partial charge in [-0.05, 0) is 57.8 Å². The van der Waals surface area contributed by atoms with Crippen LogP contribution in [0.5, 0.6) is 0 Å². The van der Waals surface area contributed by atoms with Crippen LogP contribution >= 0.6 is 0 Å². The van der Waals surface area contributed by atoms with Gasteiger partial charge < -0.3 is 9.05 Å². The van der Waals surface area contributed by atoms with E-state index in [-0.39, 0.29) is 0 Å². The fourth-order valence-electron chi connectivity index (χ4n) is 1.54. The molecule has 0 aliphatic heterocycles. The maximum Gasteiger partial charge on any atom is 0.220 e. The summed E-state index contributed by atoms with van der Waals surface area (Å²) in [5.41, 5.74) is 9.08. The second-order valence-electron chi connectivity index (χ2n) is 7.30. The first-order chi connectivity index (χ1) is 10.6. The third kappa shape index (κ3) is 8.75. The Morgan fingerprint density at radius 3 is 1.87 bits per heavy atom. The van der Waals surface area contributed by atoms with Gasteiger partial charge in [0, 0.05) is 0 Å². The topological polar surface area (TPSA) is 42.5 Å². The Kier molecular flexibility index (Phi) is 7.27. The summed E-state index contributed by atoms with van der Waals surface area (Å²) in [6.45, 7) is 14.8. The number of allylic oxidation sites excluding steroid dienone is 2. The average Bonchev–Trinajstić information content (AvgIpc) is 2.45. The molecule has 0 aliphatic carbocycles. The zero-order valence-corrected chi connectivity index (χ0v) is 17.4. The van der Waals surface area contributed by atoms with E-state index in [1.807, 2.05) is 37.3 Å². The van der Waals surface area contributed by atoms with Crippen molar-refractivity contribution in [2.75, 3.05) is 0 Å². The molecule has 0 aliphatic rings. The lowest BCUT2D eigenvalue weighted by Gasteiger charge is -2.22. The Bertz CT molecular complexity index is 544. The Morgan fingerprint density at radius 2 is 1.39 bits per heavy atom. The zero-order chi connectivity index (χ0) is 17.5. The van der Waals surface area contributed by atoms with Crippen LogP contribution in [0.2, 0.25) is 39.3 Å². The molecule has 4 nitrogen and oxygen atoms in total. The molecular formula is C17H30N2O2Si2. The minimum absolute atomic E-state index is 0.901. The van der Waals surface area contributed by atoms with Crippen LogP contribution in [0.25, 0.3) is 5.70 Å². The van der Waals surface area contributed by atoms with Gasteiger partial charge in [-0.3, -0.25) is 11.0 Å². The summed E-state index contributed by atoms with van der Waals surface area (Å²) >= 11 is 0. The van der Waals surface area contributed by atoms with E-state index in [0.29, 0.717) is 0 Å². The van der Waals surface area contributed by atoms with Crippen molar-refractivity contribution in [1.82, 2.24) is 11.0 Å². The van der Waals surface area contributed by atoms with Crippen molar-refractivity contribution in [2.24, 2.45) is 0 Å². The monoisotopic (exact) mass is 350 g/mol. The van der Waals surface area contributed by atoms with Crippen molar-refractivity contribution in [2.45, 2.75) is 46.2 Å². The lowest BCUT2D eigenvalue weighted by atomic mass is 10.1. The third-order valence-corrected chi connectivity index (χ3v) is 4.07. The molecule has 0 amide bonds. The van der Waals surface area contributed by atoms with Gasteiger partial charge in [-0.2, -0.15) is 0 Å². The van der Waals surface area contributed by atoms with Gasteiger partial charge >= 0.3 is 0 Å². The van der Waals surface area contributed by atoms with Crippen LogP contribution in [0.15, 0.2) is 48.2 Å². The summed E-state index contributed by atoms with van der Waals surface area (Å²) in [4.78, 5) is 0. The van der Waals surface area contributed by atoms with Crippen molar-refractivity contribution < 1.29 is 9.05 Å². The number of hydrogen-bond donors (Lipinski definition) is 2. The van der Waals surface area contributed by atoms with Crippen LogP contribution in [-0.4, -0.2) is 16.6 Å². The van der Waals surface area contributed by atoms with Crippen LogP contribution in [0.4, 0.5) is 0 Å². The predicted molar refractivity (Wildman–Crippen MR) is 103 cm³/mol. The molecule has 6 heteroatoms. The van der Waals surface area contributed by atoms with E-state index in [1.54, 1.807) is 0 Å². The van der Waals surface area contributed by atoms with Gasteiger partial charge in [0.1, 0.15) is 0 Å². The number of hydroxylamine groups is 2. The smallest absolute Gasteiger partial charge is 0.220 e. The van der Waals surface area contributed by atoms with Crippen molar-refractivity contribution in [3.05, 3.63) is 53.7 Å². The molecule has 1 rings (SSSR count). The standard InChI is InChI=1S/C17H30N2O2Si2/c1-8-16(18-20-22(2,3)4)14-17(19-21-23(5,6)7)15-12-10-9-11-13-15/h8-14,18-19H,1-7H3. The van der Waals surface area contributed by atoms with Crippen LogP contribution in [0.1, 0.15) is 12.5 Å². The lowest BCUT2D eigenvalue weighted by Crippen LogP contribution is -2.34. The van der Waals surface area contributed by atoms with E-state index >= 15 is 0 Å². The van der Waals surface area contributed by atoms with Crippen LogP contribution in [0.3, 0.4) is 0 Å². The van der Waals surface area contributed by atoms with Crippen molar-refractivity contribution in [3.63, 3.8) is 0 Å². The maximum absolute atomic E-state index is 5.87. The summed E-state index contributed by atoms with van der Waals surface area (Å²) in [5.74, 6) is 0. The first-order valence-corrected chi connectivity index (χ1v) is 14.7. The fraction of sp³-hybridized carbons (Fsp3) is 0.412. The van der Waals surface area contributed by atoms with Gasteiger partial charge in [0.15, 0.2) is 0 Å². The summed E-state index contributed by atoms with van der Waals surface area (Å²) in [6.07, 6.45) is 3.99. The van der Waals surface area contributed by atoms with Gasteiger partial charge in [-0.15, -0.1) is 0 Å². The maximum atomic E-state index is 5.87. The lowest BCUT2D eigenvalue weighted by molar-refractivity contribution is 0.224. The summed E-state index contributed by atoms with van der Waals surface area (Å²) in [7, 11) is -3.32. The Hall–Kier alpha value is -1.35. The van der Waals surface area contributed by atoms with Crippen LogP contribution in [-0.2, 0) is 9.05 Å². The molecule has 0 spiro atoms. The minimum atomic E-state index is -1.68. The largest absolute Gasteiger partial charge is 0.323 e. The molecule has 23 heavy (non-hydrogen) atoms. The number of rotatable bonds is 8. The minimum Gasteiger partial charge on any atom is -0.323 e. The summed E-state index contributed by atoms with van der Waals surface area (Å²) in [5, 5.41) is 0. The molecule has 128 valence electrons. The van der Waals surface area contributed by atoms with Gasteiger partial charge in [-0.25, -0.2) is 0 Å². The second-order valence-corrected chi connectivity index (χ2v) is 16.2. The normalized spacial score (nSPS) is 13.9. The first kappa shape index (κ1) is 19.7. The van der Waals surface area contributed by atoms with E-state index in [1.165, 1.54) is 0 Å². The average molecular weight is 351 g/mol. The highest BCUT2D eigenvalue weighted by molar-refractivity contribution is 6.70. The molecule has 0 saturated carbocycles. The quantitative estimate of drug-likeness (QED) is 0.407. The van der Waals surface area contributed by atoms with Crippen molar-refractivity contribution in [3.8, 4) is 0 Å². The highest BCUT2D eigenvalue weighted by Crippen LogP contribution is 2.15. The zero-order valence-electron chi connectivity index (χ0n) is 15.4. The third-order valence-electron chi connectivity index (χ3n) is 2.64. The molecule has 2 N–H and O–H groups in total. The highest BCUT2D eigenvalue weighted by atomic mass is 28.4. The first-order valence-electron chi connectivity index (χ1n) is 7.92. The van der Waals surface area contributed by atoms with E-state index in [9.17, 15) is 0 Å². The van der Waals surface area contributed by atoms with Gasteiger partial charge in [-0.1, -0.05) is 36.4 Å². The Morgan fingerprint density at radius 1 is 0.870 bits per heavy atom. The van der Waals surface area contributed by atoms with E-state index in [2.05, 4.69) is 62.4 Å². The number of nitrogens with one attached hydrogen (secondary N) is 2. The molecule has 0 unspecified atom stereocenters. The van der Waals surface area contributed by atoms with Crippen molar-refractivity contribution >= 4 is 22.3 Å². The fourth-order valence-corrected chi connectivity index (χ4v) is 2.38. The molecule has 0 fully saturated rings. The predicted octanol–water partition coefficient (Wildman–Crippen LogP) is 4.64. The Labute approximate surface area is 142 Å². The summed E-state index contributed by atoms with van der Waals surface area (Å²) in [6, 6.07) is 10.1. The van der Waals surface area contributed by atoms with Crippen LogP contribution < -0.4 is 11.0 Å². The SMILES string of the molecule is CC=C(C=C(NO[Si](C)(C)C)c1ccccc1)NO[Si](C)(C)C. The molecule has 0 bridgehead atoms. The highest BCUT2D eigenvalue weighted by Gasteiger charge is 2.17. The second kappa shape index (κ2) is 8.49. The molecule has 0 radical (unpaired) electrons. The van der Waals surface area contributed by atoms with E-state index in [4.69, 9.17) is 9.05 Å². The molecule has 0 atom stereocenters. The molecule has 1 aromatic carbocycles. The number of benzene rings is 1. The van der Waals surface area contributed by atoms with E-state index < -0.39 is 16.6 Å². The molecule has 0 heterocycles. The molecule has 0 saturated heterocycles. The van der Waals surface area contributed by atoms with Gasteiger partial charge in [0.2, 0.25) is 16.6 Å². The molecular weight excluding hydrogens is 320 g/mol. The van der Waals surface area contributed by atoms with Gasteiger partial charge in [0.05, 0.1) is 11.4 Å². The van der Waals surface area contributed by atoms with Crippen LogP contribution in [0, 0.1) is 0 Å². The molecule has 0 aromatic heterocycles. The molecule has 1 aromatic rings. The van der Waals surface area contributed by atoms with Crippen molar-refractivity contribution in [1.29, 1.82) is 0 Å². The summed E-state index contributed by atoms with van der Waals surface area (Å²) < 4.78 is 11.7.